The number of fused-ring (bicyclic) bond motifs is 1. The van der Waals surface area contributed by atoms with Gasteiger partial charge in [-0.1, -0.05) is 17.7 Å². The van der Waals surface area contributed by atoms with Crippen molar-refractivity contribution in [2.45, 2.75) is 24.3 Å². The zero-order valence-corrected chi connectivity index (χ0v) is 19.9. The first-order chi connectivity index (χ1) is 15.4. The third kappa shape index (κ3) is 4.96. The molecule has 32 heavy (non-hydrogen) atoms. The Kier molecular flexibility index (Phi) is 7.09. The van der Waals surface area contributed by atoms with E-state index < -0.39 is 10.0 Å². The first-order valence-corrected chi connectivity index (χ1v) is 13.1. The van der Waals surface area contributed by atoms with Gasteiger partial charge in [-0.15, -0.1) is 17.9 Å². The van der Waals surface area contributed by atoms with Crippen LogP contribution in [0.25, 0.3) is 0 Å². The second kappa shape index (κ2) is 9.82. The summed E-state index contributed by atoms with van der Waals surface area (Å²) in [5.74, 6) is 0.785. The number of sulfonamides is 1. The number of amides is 1. The Morgan fingerprint density at radius 1 is 1.19 bits per heavy atom. The number of rotatable bonds is 7. The third-order valence-corrected chi connectivity index (χ3v) is 8.70. The minimum absolute atomic E-state index is 0.0193. The molecule has 3 heterocycles. The van der Waals surface area contributed by atoms with E-state index in [-0.39, 0.29) is 16.7 Å². The Morgan fingerprint density at radius 3 is 2.56 bits per heavy atom. The van der Waals surface area contributed by atoms with Crippen LogP contribution in [0.2, 0.25) is 4.34 Å². The number of carbonyl (C=O) groups excluding carboxylic acids is 1. The molecule has 0 radical (unpaired) electrons. The SMILES string of the molecule is C=CCN(Cc1ccc(Cl)s1)C(=O)C1CCN(S(=O)(=O)c2ccc3c(c2)OCCO3)CC1. The van der Waals surface area contributed by atoms with Crippen LogP contribution in [0, 0.1) is 5.92 Å². The predicted octanol–water partition coefficient (Wildman–Crippen LogP) is 3.79. The summed E-state index contributed by atoms with van der Waals surface area (Å²) < 4.78 is 39.4. The molecule has 0 unspecified atom stereocenters. The molecule has 1 aromatic carbocycles. The molecule has 0 spiro atoms. The molecule has 2 aromatic rings. The predicted molar refractivity (Wildman–Crippen MR) is 124 cm³/mol. The molecule has 10 heteroatoms. The number of piperidine rings is 1. The Balaban J connectivity index is 1.41. The second-order valence-corrected chi connectivity index (χ2v) is 11.4. The molecule has 0 atom stereocenters. The second-order valence-electron chi connectivity index (χ2n) is 7.70. The van der Waals surface area contributed by atoms with Crippen molar-refractivity contribution in [2.24, 2.45) is 5.92 Å². The molecular formula is C22H25ClN2O5S2. The van der Waals surface area contributed by atoms with E-state index in [0.29, 0.717) is 68.1 Å². The highest BCUT2D eigenvalue weighted by atomic mass is 35.5. The van der Waals surface area contributed by atoms with E-state index in [0.717, 1.165) is 4.88 Å². The van der Waals surface area contributed by atoms with Crippen LogP contribution in [0.3, 0.4) is 0 Å². The monoisotopic (exact) mass is 496 g/mol. The summed E-state index contributed by atoms with van der Waals surface area (Å²) in [5, 5.41) is 0. The van der Waals surface area contributed by atoms with E-state index in [9.17, 15) is 13.2 Å². The van der Waals surface area contributed by atoms with Gasteiger partial charge in [0, 0.05) is 36.5 Å². The molecule has 2 aliphatic rings. The molecule has 1 saturated heterocycles. The van der Waals surface area contributed by atoms with Gasteiger partial charge in [-0.3, -0.25) is 4.79 Å². The summed E-state index contributed by atoms with van der Waals surface area (Å²) in [6.07, 6.45) is 2.65. The molecule has 1 fully saturated rings. The largest absolute Gasteiger partial charge is 0.486 e. The molecular weight excluding hydrogens is 472 g/mol. The molecule has 1 aromatic heterocycles. The van der Waals surface area contributed by atoms with Crippen LogP contribution < -0.4 is 9.47 Å². The molecule has 7 nitrogen and oxygen atoms in total. The molecule has 0 aliphatic carbocycles. The first kappa shape index (κ1) is 23.1. The molecule has 0 saturated carbocycles. The minimum atomic E-state index is -3.68. The van der Waals surface area contributed by atoms with Gasteiger partial charge in [0.1, 0.15) is 13.2 Å². The molecule has 172 valence electrons. The summed E-state index contributed by atoms with van der Waals surface area (Å²) in [5.41, 5.74) is 0. The van der Waals surface area contributed by atoms with Crippen LogP contribution in [0.1, 0.15) is 17.7 Å². The Hall–Kier alpha value is -2.07. The van der Waals surface area contributed by atoms with Gasteiger partial charge in [0.2, 0.25) is 15.9 Å². The average molecular weight is 497 g/mol. The number of benzene rings is 1. The van der Waals surface area contributed by atoms with Crippen molar-refractivity contribution in [1.29, 1.82) is 0 Å². The van der Waals surface area contributed by atoms with E-state index >= 15 is 0 Å². The van der Waals surface area contributed by atoms with Crippen LogP contribution >= 0.6 is 22.9 Å². The lowest BCUT2D eigenvalue weighted by molar-refractivity contribution is -0.136. The summed E-state index contributed by atoms with van der Waals surface area (Å²) in [6, 6.07) is 8.41. The molecule has 1 amide bonds. The number of hydrogen-bond acceptors (Lipinski definition) is 6. The van der Waals surface area contributed by atoms with Crippen LogP contribution in [-0.4, -0.2) is 56.4 Å². The highest BCUT2D eigenvalue weighted by Gasteiger charge is 2.34. The Labute approximate surface area is 197 Å². The molecule has 2 aliphatic heterocycles. The van der Waals surface area contributed by atoms with Gasteiger partial charge in [-0.05, 0) is 37.1 Å². The van der Waals surface area contributed by atoms with Crippen LogP contribution in [0.15, 0.2) is 47.9 Å². The summed E-state index contributed by atoms with van der Waals surface area (Å²) in [4.78, 5) is 16.1. The maximum absolute atomic E-state index is 13.1. The van der Waals surface area contributed by atoms with E-state index in [1.54, 1.807) is 17.0 Å². The first-order valence-electron chi connectivity index (χ1n) is 10.4. The number of ether oxygens (including phenoxy) is 2. The lowest BCUT2D eigenvalue weighted by Gasteiger charge is -2.33. The van der Waals surface area contributed by atoms with Gasteiger partial charge in [0.15, 0.2) is 11.5 Å². The highest BCUT2D eigenvalue weighted by molar-refractivity contribution is 7.89. The van der Waals surface area contributed by atoms with Crippen molar-refractivity contribution in [3.8, 4) is 11.5 Å². The zero-order valence-electron chi connectivity index (χ0n) is 17.5. The van der Waals surface area contributed by atoms with Crippen molar-refractivity contribution in [3.05, 3.63) is 52.2 Å². The van der Waals surface area contributed by atoms with Crippen LogP contribution in [0.5, 0.6) is 11.5 Å². The maximum atomic E-state index is 13.1. The molecule has 0 N–H and O–H groups in total. The van der Waals surface area contributed by atoms with Crippen molar-refractivity contribution in [3.63, 3.8) is 0 Å². The zero-order chi connectivity index (χ0) is 22.7. The Bertz CT molecular complexity index is 1090. The third-order valence-electron chi connectivity index (χ3n) is 5.59. The standard InChI is InChI=1S/C22H25ClN2O5S2/c1-2-9-24(15-17-3-6-21(23)31-17)22(26)16-7-10-25(11-8-16)32(27,28)18-4-5-19-20(14-18)30-13-12-29-19/h2-6,14,16H,1,7-13,15H2. The van der Waals surface area contributed by atoms with Gasteiger partial charge in [-0.25, -0.2) is 8.42 Å². The molecule has 0 bridgehead atoms. The van der Waals surface area contributed by atoms with E-state index in [1.165, 1.54) is 27.8 Å². The summed E-state index contributed by atoms with van der Waals surface area (Å²) in [7, 11) is -3.68. The molecule has 4 rings (SSSR count). The number of nitrogens with zero attached hydrogens (tertiary/aromatic N) is 2. The number of halogens is 1. The van der Waals surface area contributed by atoms with Crippen LogP contribution in [-0.2, 0) is 21.4 Å². The van der Waals surface area contributed by atoms with Crippen molar-refractivity contribution in [2.75, 3.05) is 32.8 Å². The lowest BCUT2D eigenvalue weighted by Crippen LogP contribution is -2.44. The average Bonchev–Trinajstić information content (AvgIpc) is 3.22. The number of hydrogen-bond donors (Lipinski definition) is 0. The van der Waals surface area contributed by atoms with Crippen LogP contribution in [0.4, 0.5) is 0 Å². The van der Waals surface area contributed by atoms with Gasteiger partial charge in [0.05, 0.1) is 15.8 Å². The number of carbonyl (C=O) groups is 1. The number of thiophene rings is 1. The van der Waals surface area contributed by atoms with E-state index in [1.807, 2.05) is 12.1 Å². The van der Waals surface area contributed by atoms with Gasteiger partial charge < -0.3 is 14.4 Å². The van der Waals surface area contributed by atoms with E-state index in [4.69, 9.17) is 21.1 Å². The fraction of sp³-hybridized carbons (Fsp3) is 0.409. The summed E-state index contributed by atoms with van der Waals surface area (Å²) in [6.45, 7) is 6.09. The fourth-order valence-electron chi connectivity index (χ4n) is 3.95. The fourth-order valence-corrected chi connectivity index (χ4v) is 6.54. The summed E-state index contributed by atoms with van der Waals surface area (Å²) >= 11 is 7.46. The highest BCUT2D eigenvalue weighted by Crippen LogP contribution is 2.34. The maximum Gasteiger partial charge on any atom is 0.243 e. The Morgan fingerprint density at radius 2 is 1.91 bits per heavy atom. The minimum Gasteiger partial charge on any atom is -0.486 e. The van der Waals surface area contributed by atoms with E-state index in [2.05, 4.69) is 6.58 Å². The van der Waals surface area contributed by atoms with Crippen molar-refractivity contribution >= 4 is 38.9 Å². The van der Waals surface area contributed by atoms with Gasteiger partial charge >= 0.3 is 0 Å². The lowest BCUT2D eigenvalue weighted by atomic mass is 9.96. The quantitative estimate of drug-likeness (QED) is 0.545. The van der Waals surface area contributed by atoms with Crippen molar-refractivity contribution < 1.29 is 22.7 Å². The normalized spacial score (nSPS) is 17.2. The van der Waals surface area contributed by atoms with Gasteiger partial charge in [-0.2, -0.15) is 4.31 Å². The van der Waals surface area contributed by atoms with Gasteiger partial charge in [0.25, 0.3) is 0 Å². The smallest absolute Gasteiger partial charge is 0.243 e. The van der Waals surface area contributed by atoms with Crippen molar-refractivity contribution in [1.82, 2.24) is 9.21 Å². The topological polar surface area (TPSA) is 76.2 Å².